The molecule has 9 nitrogen and oxygen atoms in total. The Balaban J connectivity index is 1.04. The molecule has 1 aromatic heterocycles. The summed E-state index contributed by atoms with van der Waals surface area (Å²) < 4.78 is 6.14. The Kier molecular flexibility index (Phi) is 9.35. The first-order valence-corrected chi connectivity index (χ1v) is 14.6. The summed E-state index contributed by atoms with van der Waals surface area (Å²) in [5.74, 6) is 0.559. The highest BCUT2D eigenvalue weighted by atomic mass is 16.5. The first kappa shape index (κ1) is 29.1. The Morgan fingerprint density at radius 3 is 2.24 bits per heavy atom. The summed E-state index contributed by atoms with van der Waals surface area (Å²) in [6.07, 6.45) is 4.82. The van der Waals surface area contributed by atoms with E-state index in [1.807, 2.05) is 72.4 Å². The number of benzene rings is 2. The van der Waals surface area contributed by atoms with Crippen LogP contribution in [0.25, 0.3) is 0 Å². The maximum atomic E-state index is 13.1. The second-order valence-electron chi connectivity index (χ2n) is 11.3. The second-order valence-corrected chi connectivity index (χ2v) is 11.3. The molecular weight excluding hydrogens is 528 g/mol. The predicted octanol–water partition coefficient (Wildman–Crippen LogP) is 4.10. The van der Waals surface area contributed by atoms with E-state index in [1.54, 1.807) is 12.1 Å². The quantitative estimate of drug-likeness (QED) is 0.438. The van der Waals surface area contributed by atoms with E-state index in [-0.39, 0.29) is 24.0 Å². The van der Waals surface area contributed by atoms with E-state index >= 15 is 0 Å². The number of anilines is 1. The van der Waals surface area contributed by atoms with Gasteiger partial charge in [0.25, 0.3) is 11.8 Å². The van der Waals surface area contributed by atoms with Crippen LogP contribution in [0.3, 0.4) is 0 Å². The summed E-state index contributed by atoms with van der Waals surface area (Å²) in [7, 11) is 4.01. The fourth-order valence-corrected chi connectivity index (χ4v) is 5.46. The van der Waals surface area contributed by atoms with Gasteiger partial charge in [0.15, 0.2) is 0 Å². The zero-order valence-electron chi connectivity index (χ0n) is 24.3. The maximum Gasteiger partial charge on any atom is 0.272 e. The molecule has 5 rings (SSSR count). The summed E-state index contributed by atoms with van der Waals surface area (Å²) in [6.45, 7) is 3.82. The highest BCUT2D eigenvalue weighted by Gasteiger charge is 2.26. The number of carbonyl (C=O) groups excluding carboxylic acids is 2. The average Bonchev–Trinajstić information content (AvgIpc) is 3.03. The number of pyridine rings is 1. The standard InChI is InChI=1S/C33H38N6O3/c1-37(2)28-8-10-29(11-9-28)42-30-15-19-39(20-16-30)33(41)31-12-7-26(22-35-31)32(40)36-27-13-17-38(18-14-27)23-25-5-3-24(21-34)4-6-25/h3-12,22,27,30H,13-20,23H2,1-2H3,(H,36,40). The third-order valence-electron chi connectivity index (χ3n) is 8.04. The van der Waals surface area contributed by atoms with Gasteiger partial charge in [-0.3, -0.25) is 19.5 Å². The van der Waals surface area contributed by atoms with Gasteiger partial charge in [0, 0.05) is 77.6 Å². The number of ether oxygens (including phenoxy) is 1. The smallest absolute Gasteiger partial charge is 0.272 e. The van der Waals surface area contributed by atoms with Gasteiger partial charge in [0.05, 0.1) is 17.2 Å². The molecule has 2 fully saturated rings. The van der Waals surface area contributed by atoms with Crippen molar-refractivity contribution in [3.05, 3.63) is 89.2 Å². The van der Waals surface area contributed by atoms with Crippen LogP contribution in [0.15, 0.2) is 66.9 Å². The molecule has 218 valence electrons. The molecule has 2 aliphatic heterocycles. The number of nitrogens with one attached hydrogen (secondary N) is 1. The Morgan fingerprint density at radius 1 is 0.952 bits per heavy atom. The minimum atomic E-state index is -0.163. The fourth-order valence-electron chi connectivity index (χ4n) is 5.46. The number of piperidine rings is 2. The van der Waals surface area contributed by atoms with Crippen LogP contribution in [0.1, 0.15) is 57.7 Å². The monoisotopic (exact) mass is 566 g/mol. The van der Waals surface area contributed by atoms with Gasteiger partial charge in [0.2, 0.25) is 0 Å². The Hall–Kier alpha value is -4.42. The van der Waals surface area contributed by atoms with Crippen molar-refractivity contribution in [2.24, 2.45) is 0 Å². The number of nitriles is 1. The molecule has 0 saturated carbocycles. The van der Waals surface area contributed by atoms with Crippen LogP contribution in [-0.4, -0.2) is 79.0 Å². The Morgan fingerprint density at radius 2 is 1.64 bits per heavy atom. The molecule has 2 aromatic carbocycles. The van der Waals surface area contributed by atoms with E-state index < -0.39 is 0 Å². The van der Waals surface area contributed by atoms with Crippen LogP contribution in [0.4, 0.5) is 5.69 Å². The van der Waals surface area contributed by atoms with Gasteiger partial charge in [-0.2, -0.15) is 5.26 Å². The summed E-state index contributed by atoms with van der Waals surface area (Å²) in [6, 6.07) is 21.3. The van der Waals surface area contributed by atoms with Gasteiger partial charge in [-0.1, -0.05) is 12.1 Å². The van der Waals surface area contributed by atoms with E-state index in [0.717, 1.165) is 56.8 Å². The molecule has 2 aliphatic rings. The van der Waals surface area contributed by atoms with Crippen molar-refractivity contribution in [2.75, 3.05) is 45.2 Å². The van der Waals surface area contributed by atoms with Gasteiger partial charge in [-0.25, -0.2) is 0 Å². The first-order valence-electron chi connectivity index (χ1n) is 14.6. The van der Waals surface area contributed by atoms with Crippen molar-refractivity contribution in [3.63, 3.8) is 0 Å². The van der Waals surface area contributed by atoms with Gasteiger partial charge in [-0.15, -0.1) is 0 Å². The van der Waals surface area contributed by atoms with E-state index in [0.29, 0.717) is 29.9 Å². The molecule has 0 bridgehead atoms. The molecule has 0 spiro atoms. The van der Waals surface area contributed by atoms with Crippen molar-refractivity contribution >= 4 is 17.5 Å². The lowest BCUT2D eigenvalue weighted by molar-refractivity contribution is 0.0589. The lowest BCUT2D eigenvalue weighted by atomic mass is 10.0. The fraction of sp³-hybridized carbons (Fsp3) is 0.394. The summed E-state index contributed by atoms with van der Waals surface area (Å²) in [5, 5.41) is 12.1. The highest BCUT2D eigenvalue weighted by molar-refractivity contribution is 5.96. The van der Waals surface area contributed by atoms with Gasteiger partial charge in [0.1, 0.15) is 17.5 Å². The topological polar surface area (TPSA) is 102 Å². The maximum absolute atomic E-state index is 13.1. The minimum absolute atomic E-state index is 0.0705. The second kappa shape index (κ2) is 13.5. The molecule has 3 aromatic rings. The van der Waals surface area contributed by atoms with E-state index in [4.69, 9.17) is 10.00 Å². The van der Waals surface area contributed by atoms with Crippen molar-refractivity contribution < 1.29 is 14.3 Å². The molecule has 2 saturated heterocycles. The predicted molar refractivity (Wildman–Crippen MR) is 161 cm³/mol. The van der Waals surface area contributed by atoms with Crippen molar-refractivity contribution in [1.82, 2.24) is 20.1 Å². The van der Waals surface area contributed by atoms with Gasteiger partial charge < -0.3 is 19.9 Å². The number of hydrogen-bond donors (Lipinski definition) is 1. The number of amides is 2. The largest absolute Gasteiger partial charge is 0.490 e. The normalized spacial score (nSPS) is 16.5. The minimum Gasteiger partial charge on any atom is -0.490 e. The molecular formula is C33H38N6O3. The SMILES string of the molecule is CN(C)c1ccc(OC2CCN(C(=O)c3ccc(C(=O)NC4CCN(Cc5ccc(C#N)cc5)CC4)cn3)CC2)cc1. The molecule has 1 N–H and O–H groups in total. The molecule has 42 heavy (non-hydrogen) atoms. The third-order valence-corrected chi connectivity index (χ3v) is 8.04. The van der Waals surface area contributed by atoms with Crippen LogP contribution in [-0.2, 0) is 6.54 Å². The van der Waals surface area contributed by atoms with E-state index in [9.17, 15) is 9.59 Å². The van der Waals surface area contributed by atoms with Crippen LogP contribution in [0.5, 0.6) is 5.75 Å². The first-order chi connectivity index (χ1) is 20.4. The molecule has 0 radical (unpaired) electrons. The summed E-state index contributed by atoms with van der Waals surface area (Å²) in [5.41, 5.74) is 3.78. The highest BCUT2D eigenvalue weighted by Crippen LogP contribution is 2.23. The Bertz CT molecular complexity index is 1380. The number of rotatable bonds is 8. The average molecular weight is 567 g/mol. The lowest BCUT2D eigenvalue weighted by Gasteiger charge is -2.32. The number of carbonyl (C=O) groups is 2. The van der Waals surface area contributed by atoms with Gasteiger partial charge in [-0.05, 0) is 66.9 Å². The van der Waals surface area contributed by atoms with Crippen molar-refractivity contribution in [1.29, 1.82) is 5.26 Å². The lowest BCUT2D eigenvalue weighted by Crippen LogP contribution is -2.44. The summed E-state index contributed by atoms with van der Waals surface area (Å²) >= 11 is 0. The van der Waals surface area contributed by atoms with E-state index in [2.05, 4.69) is 21.3 Å². The Labute approximate surface area is 247 Å². The summed E-state index contributed by atoms with van der Waals surface area (Å²) in [4.78, 5) is 36.5. The van der Waals surface area contributed by atoms with Crippen LogP contribution < -0.4 is 15.0 Å². The zero-order valence-corrected chi connectivity index (χ0v) is 24.3. The van der Waals surface area contributed by atoms with E-state index in [1.165, 1.54) is 11.8 Å². The number of nitrogens with zero attached hydrogens (tertiary/aromatic N) is 5. The number of likely N-dealkylation sites (tertiary alicyclic amines) is 2. The molecule has 2 amide bonds. The molecule has 0 aliphatic carbocycles. The van der Waals surface area contributed by atoms with Crippen molar-refractivity contribution in [2.45, 2.75) is 44.4 Å². The van der Waals surface area contributed by atoms with Gasteiger partial charge >= 0.3 is 0 Å². The van der Waals surface area contributed by atoms with Crippen LogP contribution >= 0.6 is 0 Å². The molecule has 9 heteroatoms. The molecule has 3 heterocycles. The molecule has 0 unspecified atom stereocenters. The third kappa shape index (κ3) is 7.45. The number of hydrogen-bond acceptors (Lipinski definition) is 7. The van der Waals surface area contributed by atoms with Crippen LogP contribution in [0, 0.1) is 11.3 Å². The van der Waals surface area contributed by atoms with Crippen LogP contribution in [0.2, 0.25) is 0 Å². The van der Waals surface area contributed by atoms with Crippen molar-refractivity contribution in [3.8, 4) is 11.8 Å². The number of aromatic nitrogens is 1. The molecule has 0 atom stereocenters. The zero-order chi connectivity index (χ0) is 29.5.